The first kappa shape index (κ1) is 20.6. The summed E-state index contributed by atoms with van der Waals surface area (Å²) in [5, 5.41) is 7.05. The Balaban J connectivity index is 1.41. The third-order valence-electron chi connectivity index (χ3n) is 6.02. The molecule has 1 saturated heterocycles. The highest BCUT2D eigenvalue weighted by Crippen LogP contribution is 2.40. The van der Waals surface area contributed by atoms with Gasteiger partial charge >= 0.3 is 0 Å². The smallest absolute Gasteiger partial charge is 0.273 e. The van der Waals surface area contributed by atoms with Gasteiger partial charge in [-0.25, -0.2) is 0 Å². The van der Waals surface area contributed by atoms with Gasteiger partial charge in [0.1, 0.15) is 5.76 Å². The van der Waals surface area contributed by atoms with E-state index in [4.69, 9.17) is 10.3 Å². The average Bonchev–Trinajstić information content (AvgIpc) is 3.49. The summed E-state index contributed by atoms with van der Waals surface area (Å²) in [7, 11) is 0. The molecular formula is C23H30N4O3. The Labute approximate surface area is 177 Å². The van der Waals surface area contributed by atoms with Gasteiger partial charge in [0.05, 0.1) is 0 Å². The van der Waals surface area contributed by atoms with Crippen LogP contribution in [0.4, 0.5) is 0 Å². The Bertz CT molecular complexity index is 862. The average molecular weight is 411 g/mol. The van der Waals surface area contributed by atoms with Crippen LogP contribution in [0.1, 0.15) is 66.3 Å². The van der Waals surface area contributed by atoms with Crippen molar-refractivity contribution < 1.29 is 14.1 Å². The highest BCUT2D eigenvalue weighted by atomic mass is 16.5. The number of nitrogens with two attached hydrogens (primary N) is 1. The molecule has 1 aliphatic carbocycles. The maximum absolute atomic E-state index is 12.7. The topological polar surface area (TPSA) is 101 Å². The molecule has 0 spiro atoms. The minimum atomic E-state index is -0.197. The van der Waals surface area contributed by atoms with Gasteiger partial charge in [-0.1, -0.05) is 35.5 Å². The Hall–Kier alpha value is -2.67. The highest BCUT2D eigenvalue weighted by Gasteiger charge is 2.33. The molecule has 30 heavy (non-hydrogen) atoms. The number of carbonyl (C=O) groups excluding carboxylic acids is 2. The Kier molecular flexibility index (Phi) is 6.47. The number of nitrogens with zero attached hydrogens (tertiary/aromatic N) is 2. The van der Waals surface area contributed by atoms with Crippen molar-refractivity contribution in [2.24, 2.45) is 5.73 Å². The minimum absolute atomic E-state index is 0.00541. The zero-order valence-electron chi connectivity index (χ0n) is 17.3. The number of carbonyl (C=O) groups is 2. The third kappa shape index (κ3) is 5.08. The monoisotopic (exact) mass is 410 g/mol. The Morgan fingerprint density at radius 2 is 2.00 bits per heavy atom. The largest absolute Gasteiger partial charge is 0.360 e. The van der Waals surface area contributed by atoms with E-state index in [1.165, 1.54) is 5.56 Å². The van der Waals surface area contributed by atoms with Crippen molar-refractivity contribution in [2.45, 2.75) is 62.9 Å². The lowest BCUT2D eigenvalue weighted by molar-refractivity contribution is -0.135. The van der Waals surface area contributed by atoms with Crippen molar-refractivity contribution in [3.63, 3.8) is 0 Å². The van der Waals surface area contributed by atoms with E-state index in [-0.39, 0.29) is 23.9 Å². The molecule has 0 bridgehead atoms. The van der Waals surface area contributed by atoms with Crippen LogP contribution in [0.5, 0.6) is 0 Å². The van der Waals surface area contributed by atoms with Crippen LogP contribution < -0.4 is 11.1 Å². The van der Waals surface area contributed by atoms with E-state index in [0.717, 1.165) is 37.9 Å². The van der Waals surface area contributed by atoms with E-state index >= 15 is 0 Å². The van der Waals surface area contributed by atoms with Gasteiger partial charge in [0.15, 0.2) is 5.69 Å². The number of amides is 2. The molecule has 0 radical (unpaired) electrons. The second-order valence-electron chi connectivity index (χ2n) is 8.41. The van der Waals surface area contributed by atoms with E-state index in [1.54, 1.807) is 6.07 Å². The lowest BCUT2D eigenvalue weighted by Gasteiger charge is -2.40. The fraction of sp³-hybridized carbons (Fsp3) is 0.522. The van der Waals surface area contributed by atoms with Crippen LogP contribution in [-0.4, -0.2) is 47.0 Å². The van der Waals surface area contributed by atoms with Gasteiger partial charge in [0.2, 0.25) is 5.91 Å². The van der Waals surface area contributed by atoms with Gasteiger partial charge in [-0.15, -0.1) is 0 Å². The molecule has 7 heteroatoms. The van der Waals surface area contributed by atoms with Crippen LogP contribution >= 0.6 is 0 Å². The Morgan fingerprint density at radius 1 is 1.20 bits per heavy atom. The van der Waals surface area contributed by atoms with E-state index in [2.05, 4.69) is 22.6 Å². The molecule has 160 valence electrons. The molecule has 2 fully saturated rings. The van der Waals surface area contributed by atoms with Gasteiger partial charge in [0, 0.05) is 37.0 Å². The summed E-state index contributed by atoms with van der Waals surface area (Å²) in [6.45, 7) is 1.15. The summed E-state index contributed by atoms with van der Waals surface area (Å²) >= 11 is 0. The molecule has 1 aliphatic heterocycles. The van der Waals surface area contributed by atoms with Gasteiger partial charge in [0.25, 0.3) is 5.91 Å². The van der Waals surface area contributed by atoms with Crippen LogP contribution in [0.3, 0.4) is 0 Å². The molecule has 1 aromatic carbocycles. The molecule has 2 amide bonds. The zero-order chi connectivity index (χ0) is 20.9. The molecule has 0 unspecified atom stereocenters. The number of nitrogens with one attached hydrogen (secondary N) is 1. The van der Waals surface area contributed by atoms with E-state index in [1.807, 2.05) is 23.1 Å². The van der Waals surface area contributed by atoms with Crippen molar-refractivity contribution in [2.75, 3.05) is 13.1 Å². The van der Waals surface area contributed by atoms with Crippen LogP contribution in [0, 0.1) is 0 Å². The fourth-order valence-corrected chi connectivity index (χ4v) is 4.20. The SMILES string of the molecule is NCCCC(=O)N1CC[C@@H](NC(=O)c2cc(C3CC3)on2)C[C@H]1Cc1ccccc1. The second-order valence-corrected chi connectivity index (χ2v) is 8.41. The standard InChI is InChI=1S/C23H30N4O3/c24-11-4-7-22(28)27-12-10-18(14-19(27)13-16-5-2-1-3-6-16)25-23(29)20-15-21(30-26-20)17-8-9-17/h1-3,5-6,15,17-19H,4,7-14,24H2,(H,25,29)/t18-,19-/m1/s1. The lowest BCUT2D eigenvalue weighted by Crippen LogP contribution is -2.52. The molecule has 1 aromatic heterocycles. The summed E-state index contributed by atoms with van der Waals surface area (Å²) < 4.78 is 5.31. The number of hydrogen-bond donors (Lipinski definition) is 2. The predicted molar refractivity (Wildman–Crippen MR) is 113 cm³/mol. The highest BCUT2D eigenvalue weighted by molar-refractivity contribution is 5.92. The summed E-state index contributed by atoms with van der Waals surface area (Å²) in [6.07, 6.45) is 5.62. The van der Waals surface area contributed by atoms with Crippen LogP contribution in [0.25, 0.3) is 0 Å². The van der Waals surface area contributed by atoms with Crippen LogP contribution in [0.2, 0.25) is 0 Å². The van der Waals surface area contributed by atoms with E-state index in [0.29, 0.717) is 37.5 Å². The van der Waals surface area contributed by atoms with Crippen LogP contribution in [0.15, 0.2) is 40.9 Å². The van der Waals surface area contributed by atoms with E-state index < -0.39 is 0 Å². The molecule has 2 atom stereocenters. The third-order valence-corrected chi connectivity index (χ3v) is 6.02. The minimum Gasteiger partial charge on any atom is -0.360 e. The lowest BCUT2D eigenvalue weighted by atomic mass is 9.91. The molecule has 3 N–H and O–H groups in total. The zero-order valence-corrected chi connectivity index (χ0v) is 17.3. The number of benzene rings is 1. The van der Waals surface area contributed by atoms with E-state index in [9.17, 15) is 9.59 Å². The second kappa shape index (κ2) is 9.43. The summed E-state index contributed by atoms with van der Waals surface area (Å²) in [6, 6.07) is 12.0. The molecule has 1 saturated carbocycles. The van der Waals surface area contributed by atoms with Crippen molar-refractivity contribution in [3.05, 3.63) is 53.4 Å². The van der Waals surface area contributed by atoms with Crippen molar-refractivity contribution >= 4 is 11.8 Å². The molecule has 2 aromatic rings. The van der Waals surface area contributed by atoms with Gasteiger partial charge in [-0.2, -0.15) is 0 Å². The number of piperidine rings is 1. The maximum atomic E-state index is 12.7. The van der Waals surface area contributed by atoms with Crippen molar-refractivity contribution in [1.82, 2.24) is 15.4 Å². The first-order valence-electron chi connectivity index (χ1n) is 10.9. The predicted octanol–water partition coefficient (Wildman–Crippen LogP) is 2.62. The molecule has 2 aliphatic rings. The first-order valence-corrected chi connectivity index (χ1v) is 10.9. The fourth-order valence-electron chi connectivity index (χ4n) is 4.20. The molecule has 4 rings (SSSR count). The molecular weight excluding hydrogens is 380 g/mol. The maximum Gasteiger partial charge on any atom is 0.273 e. The van der Waals surface area contributed by atoms with Crippen molar-refractivity contribution in [3.8, 4) is 0 Å². The molecule has 7 nitrogen and oxygen atoms in total. The number of aromatic nitrogens is 1. The van der Waals surface area contributed by atoms with Crippen molar-refractivity contribution in [1.29, 1.82) is 0 Å². The summed E-state index contributed by atoms with van der Waals surface area (Å²) in [5.41, 5.74) is 7.13. The Morgan fingerprint density at radius 3 is 2.73 bits per heavy atom. The van der Waals surface area contributed by atoms with Crippen LogP contribution in [-0.2, 0) is 11.2 Å². The first-order chi connectivity index (χ1) is 14.6. The van der Waals surface area contributed by atoms with Gasteiger partial charge in [-0.05, 0) is 50.6 Å². The van der Waals surface area contributed by atoms with Gasteiger partial charge in [-0.3, -0.25) is 9.59 Å². The summed E-state index contributed by atoms with van der Waals surface area (Å²) in [5.74, 6) is 1.19. The van der Waals surface area contributed by atoms with Gasteiger partial charge < -0.3 is 20.5 Å². The summed E-state index contributed by atoms with van der Waals surface area (Å²) in [4.78, 5) is 27.4. The number of hydrogen-bond acceptors (Lipinski definition) is 5. The number of likely N-dealkylation sites (tertiary alicyclic amines) is 1. The quantitative estimate of drug-likeness (QED) is 0.697. The number of rotatable bonds is 8. The molecule has 2 heterocycles. The normalized spacial score (nSPS) is 21.4.